The van der Waals surface area contributed by atoms with Gasteiger partial charge in [-0.2, -0.15) is 65.9 Å². The highest BCUT2D eigenvalue weighted by molar-refractivity contribution is 5.89. The Hall–Kier alpha value is -1.84. The van der Waals surface area contributed by atoms with E-state index in [1.807, 2.05) is 0 Å². The SMILES string of the molecule is O=C(O)C(=C(F)F)C(F)(F)C(F)(F)C(F)(F)C(F)(F)C(F)(F)CCC(F)(F)F. The molecule has 0 aromatic rings. The molecule has 0 aliphatic rings. The highest BCUT2D eigenvalue weighted by Gasteiger charge is 2.87. The quantitative estimate of drug-likeness (QED) is 0.375. The van der Waals surface area contributed by atoms with Crippen molar-refractivity contribution in [2.45, 2.75) is 48.6 Å². The molecule has 0 amide bonds. The van der Waals surface area contributed by atoms with E-state index in [4.69, 9.17) is 5.11 Å². The molecule has 166 valence electrons. The largest absolute Gasteiger partial charge is 0.478 e. The zero-order valence-corrected chi connectivity index (χ0v) is 12.4. The summed E-state index contributed by atoms with van der Waals surface area (Å²) in [6, 6.07) is 0. The van der Waals surface area contributed by atoms with Crippen LogP contribution in [0, 0.1) is 0 Å². The molecular weight excluding hydrogens is 449 g/mol. The van der Waals surface area contributed by atoms with Gasteiger partial charge in [-0.1, -0.05) is 0 Å². The molecule has 1 N–H and O–H groups in total. The van der Waals surface area contributed by atoms with Crippen LogP contribution in [0.15, 0.2) is 11.7 Å². The predicted octanol–water partition coefficient (Wildman–Crippen LogP) is 5.74. The monoisotopic (exact) mass is 454 g/mol. The topological polar surface area (TPSA) is 37.3 Å². The van der Waals surface area contributed by atoms with Crippen molar-refractivity contribution in [2.75, 3.05) is 0 Å². The summed E-state index contributed by atoms with van der Waals surface area (Å²) in [7, 11) is 0. The molecule has 0 spiro atoms. The van der Waals surface area contributed by atoms with E-state index in [9.17, 15) is 70.7 Å². The number of carboxylic acid groups (broad SMARTS) is 1. The fourth-order valence-corrected chi connectivity index (χ4v) is 1.57. The summed E-state index contributed by atoms with van der Waals surface area (Å²) in [6.45, 7) is 0. The maximum atomic E-state index is 13.3. The smallest absolute Gasteiger partial charge is 0.389 e. The third-order valence-corrected chi connectivity index (χ3v) is 3.08. The van der Waals surface area contributed by atoms with Crippen molar-refractivity contribution in [1.82, 2.24) is 0 Å². The second kappa shape index (κ2) is 7.20. The molecule has 0 aliphatic heterocycles. The van der Waals surface area contributed by atoms with Crippen molar-refractivity contribution < 1.29 is 75.8 Å². The van der Waals surface area contributed by atoms with Crippen LogP contribution in [0.1, 0.15) is 12.8 Å². The van der Waals surface area contributed by atoms with E-state index in [2.05, 4.69) is 0 Å². The van der Waals surface area contributed by atoms with Crippen LogP contribution in [0.4, 0.5) is 65.9 Å². The van der Waals surface area contributed by atoms with Gasteiger partial charge in [-0.05, 0) is 0 Å². The Labute approximate surface area is 143 Å². The van der Waals surface area contributed by atoms with Gasteiger partial charge in [0.15, 0.2) is 5.57 Å². The summed E-state index contributed by atoms with van der Waals surface area (Å²) < 4.78 is 192. The third kappa shape index (κ3) is 4.26. The van der Waals surface area contributed by atoms with Gasteiger partial charge in [-0.25, -0.2) is 4.79 Å². The van der Waals surface area contributed by atoms with Crippen molar-refractivity contribution in [3.8, 4) is 0 Å². The number of carbonyl (C=O) groups is 1. The van der Waals surface area contributed by atoms with Gasteiger partial charge < -0.3 is 5.11 Å². The van der Waals surface area contributed by atoms with Gasteiger partial charge in [0.05, 0.1) is 0 Å². The molecule has 0 heterocycles. The van der Waals surface area contributed by atoms with Gasteiger partial charge in [0.25, 0.3) is 6.08 Å². The average molecular weight is 454 g/mol. The first-order valence-corrected chi connectivity index (χ1v) is 6.22. The van der Waals surface area contributed by atoms with Crippen molar-refractivity contribution >= 4 is 5.97 Å². The van der Waals surface area contributed by atoms with Gasteiger partial charge in [0.2, 0.25) is 0 Å². The van der Waals surface area contributed by atoms with Gasteiger partial charge >= 0.3 is 41.8 Å². The highest BCUT2D eigenvalue weighted by atomic mass is 19.4. The van der Waals surface area contributed by atoms with E-state index in [1.165, 1.54) is 0 Å². The predicted molar refractivity (Wildman–Crippen MR) is 56.9 cm³/mol. The van der Waals surface area contributed by atoms with E-state index in [-0.39, 0.29) is 0 Å². The number of hydrogen-bond acceptors (Lipinski definition) is 1. The Kier molecular flexibility index (Phi) is 6.73. The maximum Gasteiger partial charge on any atom is 0.389 e. The lowest BCUT2D eigenvalue weighted by Gasteiger charge is -2.39. The fraction of sp³-hybridized carbons (Fsp3) is 0.727. The van der Waals surface area contributed by atoms with Crippen LogP contribution < -0.4 is 0 Å². The first-order chi connectivity index (χ1) is 12.0. The van der Waals surface area contributed by atoms with E-state index >= 15 is 0 Å². The number of hydrogen-bond donors (Lipinski definition) is 1. The van der Waals surface area contributed by atoms with Crippen LogP contribution >= 0.6 is 0 Å². The maximum absolute atomic E-state index is 13.3. The van der Waals surface area contributed by atoms with Gasteiger partial charge in [0.1, 0.15) is 0 Å². The number of aliphatic carboxylic acids is 1. The van der Waals surface area contributed by atoms with E-state index in [1.54, 1.807) is 0 Å². The Morgan fingerprint density at radius 3 is 1.32 bits per heavy atom. The zero-order valence-electron chi connectivity index (χ0n) is 12.4. The van der Waals surface area contributed by atoms with E-state index < -0.39 is 66.3 Å². The molecule has 0 saturated heterocycles. The molecule has 0 unspecified atom stereocenters. The summed E-state index contributed by atoms with van der Waals surface area (Å²) in [6.07, 6.45) is -16.1. The second-order valence-electron chi connectivity index (χ2n) is 5.06. The molecule has 0 aliphatic carbocycles. The summed E-state index contributed by atoms with van der Waals surface area (Å²) in [5.41, 5.74) is -4.11. The van der Waals surface area contributed by atoms with Gasteiger partial charge in [-0.15, -0.1) is 0 Å². The summed E-state index contributed by atoms with van der Waals surface area (Å²) in [4.78, 5) is 10.2. The Balaban J connectivity index is 6.38. The molecule has 0 bridgehead atoms. The van der Waals surface area contributed by atoms with Gasteiger partial charge in [-0.3, -0.25) is 0 Å². The van der Waals surface area contributed by atoms with Crippen LogP contribution in [0.3, 0.4) is 0 Å². The van der Waals surface area contributed by atoms with E-state index in [0.717, 1.165) is 0 Å². The molecule has 0 atom stereocenters. The van der Waals surface area contributed by atoms with Crippen molar-refractivity contribution in [2.24, 2.45) is 0 Å². The number of halogens is 15. The molecule has 0 radical (unpaired) electrons. The normalized spacial score (nSPS) is 14.8. The Morgan fingerprint density at radius 1 is 0.643 bits per heavy atom. The number of carboxylic acids is 1. The van der Waals surface area contributed by atoms with Crippen LogP contribution in [0.2, 0.25) is 0 Å². The van der Waals surface area contributed by atoms with Crippen LogP contribution in [-0.2, 0) is 4.79 Å². The van der Waals surface area contributed by atoms with Crippen molar-refractivity contribution in [1.29, 1.82) is 0 Å². The molecule has 17 heteroatoms. The lowest BCUT2D eigenvalue weighted by Crippen LogP contribution is -2.68. The van der Waals surface area contributed by atoms with Crippen LogP contribution in [0.5, 0.6) is 0 Å². The highest BCUT2D eigenvalue weighted by Crippen LogP contribution is 2.59. The van der Waals surface area contributed by atoms with E-state index in [0.29, 0.717) is 0 Å². The lowest BCUT2D eigenvalue weighted by molar-refractivity contribution is -0.397. The second-order valence-corrected chi connectivity index (χ2v) is 5.06. The molecule has 0 aromatic heterocycles. The Bertz CT molecular complexity index is 626. The standard InChI is InChI=1S/C11H5F15O2/c12-4(13)3(5(27)28)8(19,20)10(23,24)11(25,26)9(21,22)6(14,15)1-2-7(16,17)18/h1-2H2,(H,27,28). The first-order valence-electron chi connectivity index (χ1n) is 6.22. The minimum atomic E-state index is -7.98. The first kappa shape index (κ1) is 26.2. The molecular formula is C11H5F15O2. The minimum absolute atomic E-state index is 2.94. The minimum Gasteiger partial charge on any atom is -0.478 e. The molecule has 0 aromatic carbocycles. The number of rotatable bonds is 8. The fourth-order valence-electron chi connectivity index (χ4n) is 1.57. The third-order valence-electron chi connectivity index (χ3n) is 3.08. The van der Waals surface area contributed by atoms with Crippen molar-refractivity contribution in [3.05, 3.63) is 11.7 Å². The van der Waals surface area contributed by atoms with Crippen molar-refractivity contribution in [3.63, 3.8) is 0 Å². The van der Waals surface area contributed by atoms with Crippen LogP contribution in [-0.4, -0.2) is 46.9 Å². The Morgan fingerprint density at radius 2 is 1.04 bits per heavy atom. The molecule has 0 rings (SSSR count). The lowest BCUT2D eigenvalue weighted by atomic mass is 9.89. The number of alkyl halides is 13. The van der Waals surface area contributed by atoms with Gasteiger partial charge in [0, 0.05) is 12.8 Å². The zero-order chi connectivity index (χ0) is 23.1. The molecule has 2 nitrogen and oxygen atoms in total. The van der Waals surface area contributed by atoms with Crippen LogP contribution in [0.25, 0.3) is 0 Å². The molecule has 0 fully saturated rings. The molecule has 28 heavy (non-hydrogen) atoms. The summed E-state index contributed by atoms with van der Waals surface area (Å²) in [5, 5.41) is 7.99. The summed E-state index contributed by atoms with van der Waals surface area (Å²) >= 11 is 0. The summed E-state index contributed by atoms with van der Waals surface area (Å²) in [5.74, 6) is -41.2. The molecule has 0 saturated carbocycles. The average Bonchev–Trinajstić information content (AvgIpc) is 2.42.